The number of nitrogens with one attached hydrogen (secondary N) is 1. The molecule has 6 heteroatoms. The molecule has 0 spiro atoms. The van der Waals surface area contributed by atoms with Gasteiger partial charge in [0, 0.05) is 5.92 Å². The van der Waals surface area contributed by atoms with Crippen molar-refractivity contribution in [2.45, 2.75) is 33.6 Å². The van der Waals surface area contributed by atoms with Gasteiger partial charge in [-0.2, -0.15) is 5.01 Å². The Hall–Kier alpha value is -1.17. The summed E-state index contributed by atoms with van der Waals surface area (Å²) in [5.41, 5.74) is 7.00. The summed E-state index contributed by atoms with van der Waals surface area (Å²) in [4.78, 5) is 24.6. The molecule has 1 saturated carbocycles. The molecule has 0 radical (unpaired) electrons. The molecule has 0 aromatic heterocycles. The van der Waals surface area contributed by atoms with Crippen molar-refractivity contribution < 1.29 is 9.59 Å². The fraction of sp³-hybridized carbons (Fsp3) is 0.727. The summed E-state index contributed by atoms with van der Waals surface area (Å²) in [6, 6.07) is 0. The van der Waals surface area contributed by atoms with Gasteiger partial charge in [0.25, 0.3) is 11.8 Å². The molecule has 1 aliphatic carbocycles. The third-order valence-electron chi connectivity index (χ3n) is 4.64. The van der Waals surface area contributed by atoms with E-state index in [9.17, 15) is 9.59 Å². The first kappa shape index (κ1) is 12.3. The Morgan fingerprint density at radius 3 is 2.59 bits per heavy atom. The van der Waals surface area contributed by atoms with E-state index in [0.29, 0.717) is 0 Å². The lowest BCUT2D eigenvalue weighted by Crippen LogP contribution is -2.64. The molecular formula is C11H17N3O2S. The van der Waals surface area contributed by atoms with Crippen LogP contribution in [0.3, 0.4) is 0 Å². The molecule has 2 aliphatic rings. The van der Waals surface area contributed by atoms with Crippen LogP contribution in [-0.4, -0.2) is 21.9 Å². The van der Waals surface area contributed by atoms with E-state index in [4.69, 9.17) is 18.0 Å². The molecule has 2 atom stereocenters. The lowest BCUT2D eigenvalue weighted by atomic mass is 9.63. The van der Waals surface area contributed by atoms with Crippen molar-refractivity contribution in [2.24, 2.45) is 22.5 Å². The fourth-order valence-corrected chi connectivity index (χ4v) is 3.13. The van der Waals surface area contributed by atoms with E-state index in [1.165, 1.54) is 0 Å². The van der Waals surface area contributed by atoms with Crippen LogP contribution >= 0.6 is 12.2 Å². The van der Waals surface area contributed by atoms with Gasteiger partial charge in [0.15, 0.2) is 5.11 Å². The zero-order valence-electron chi connectivity index (χ0n) is 10.2. The van der Waals surface area contributed by atoms with E-state index >= 15 is 0 Å². The van der Waals surface area contributed by atoms with Crippen molar-refractivity contribution in [3.05, 3.63) is 0 Å². The number of nitrogens with two attached hydrogens (primary N) is 1. The van der Waals surface area contributed by atoms with Crippen molar-refractivity contribution in [3.63, 3.8) is 0 Å². The average Bonchev–Trinajstić information content (AvgIpc) is 2.40. The molecule has 0 aromatic carbocycles. The monoisotopic (exact) mass is 255 g/mol. The molecule has 2 amide bonds. The van der Waals surface area contributed by atoms with Crippen molar-refractivity contribution >= 4 is 29.1 Å². The Bertz CT molecular complexity index is 421. The van der Waals surface area contributed by atoms with Crippen LogP contribution in [0.5, 0.6) is 0 Å². The van der Waals surface area contributed by atoms with Gasteiger partial charge < -0.3 is 5.73 Å². The quantitative estimate of drug-likeness (QED) is 0.528. The number of carbonyl (C=O) groups is 2. The average molecular weight is 255 g/mol. The van der Waals surface area contributed by atoms with E-state index in [2.05, 4.69) is 5.43 Å². The van der Waals surface area contributed by atoms with E-state index in [1.54, 1.807) is 0 Å². The minimum absolute atomic E-state index is 0.0607. The van der Waals surface area contributed by atoms with E-state index in [-0.39, 0.29) is 28.3 Å². The van der Waals surface area contributed by atoms with E-state index < -0.39 is 5.41 Å². The summed E-state index contributed by atoms with van der Waals surface area (Å²) in [7, 11) is 0. The lowest BCUT2D eigenvalue weighted by Gasteiger charge is -2.47. The van der Waals surface area contributed by atoms with Crippen molar-refractivity contribution in [2.75, 3.05) is 0 Å². The van der Waals surface area contributed by atoms with Crippen LogP contribution in [0.25, 0.3) is 0 Å². The molecule has 0 unspecified atom stereocenters. The molecular weight excluding hydrogens is 238 g/mol. The fourth-order valence-electron chi connectivity index (χ4n) is 3.03. The minimum atomic E-state index is -0.524. The van der Waals surface area contributed by atoms with Crippen LogP contribution in [-0.2, 0) is 9.59 Å². The Labute approximate surface area is 106 Å². The van der Waals surface area contributed by atoms with Crippen LogP contribution in [0, 0.1) is 16.7 Å². The summed E-state index contributed by atoms with van der Waals surface area (Å²) in [5.74, 6) is -0.594. The first-order chi connectivity index (χ1) is 7.72. The SMILES string of the molecule is CC1(C)[C@@H]2CC[C@@]1(C)C(=O)N(NC(N)=S)C2=O. The number of carbonyl (C=O) groups excluding carboxylic acids is 2. The standard InChI is InChI=1S/C11H17N3O2S/c1-10(2)6-4-5-11(10,3)8(16)14(7(6)15)13-9(12)17/h6H,4-5H2,1-3H3,(H3,12,13,17)/t6-,11+/m1/s1. The second-order valence-electron chi connectivity index (χ2n) is 5.60. The lowest BCUT2D eigenvalue weighted by molar-refractivity contribution is -0.170. The number of piperidine rings is 1. The predicted molar refractivity (Wildman–Crippen MR) is 66.4 cm³/mol. The molecule has 2 rings (SSSR count). The summed E-state index contributed by atoms with van der Waals surface area (Å²) >= 11 is 4.69. The maximum Gasteiger partial charge on any atom is 0.254 e. The first-order valence-electron chi connectivity index (χ1n) is 5.66. The highest BCUT2D eigenvalue weighted by Gasteiger charge is 2.64. The van der Waals surface area contributed by atoms with Gasteiger partial charge in [0.1, 0.15) is 0 Å². The molecule has 3 N–H and O–H groups in total. The molecule has 1 heterocycles. The van der Waals surface area contributed by atoms with Gasteiger partial charge in [0.05, 0.1) is 5.41 Å². The van der Waals surface area contributed by atoms with Gasteiger partial charge in [-0.1, -0.05) is 20.8 Å². The van der Waals surface area contributed by atoms with Gasteiger partial charge in [-0.3, -0.25) is 15.0 Å². The summed E-state index contributed by atoms with van der Waals surface area (Å²) in [6.45, 7) is 5.88. The maximum atomic E-state index is 12.4. The Kier molecular flexibility index (Phi) is 2.47. The Balaban J connectivity index is 2.42. The third-order valence-corrected chi connectivity index (χ3v) is 4.73. The molecule has 5 nitrogen and oxygen atoms in total. The van der Waals surface area contributed by atoms with E-state index in [1.807, 2.05) is 20.8 Å². The Morgan fingerprint density at radius 2 is 2.06 bits per heavy atom. The van der Waals surface area contributed by atoms with Gasteiger partial charge in [-0.15, -0.1) is 0 Å². The summed E-state index contributed by atoms with van der Waals surface area (Å²) < 4.78 is 0. The first-order valence-corrected chi connectivity index (χ1v) is 6.07. The normalized spacial score (nSPS) is 35.0. The zero-order chi connectivity index (χ0) is 13.0. The van der Waals surface area contributed by atoms with Crippen LogP contribution in [0.4, 0.5) is 0 Å². The minimum Gasteiger partial charge on any atom is -0.375 e. The van der Waals surface area contributed by atoms with Crippen molar-refractivity contribution in [1.29, 1.82) is 0 Å². The van der Waals surface area contributed by atoms with Crippen LogP contribution in [0.2, 0.25) is 0 Å². The number of amides is 2. The van der Waals surface area contributed by atoms with Crippen LogP contribution in [0.1, 0.15) is 33.6 Å². The Morgan fingerprint density at radius 1 is 1.47 bits per heavy atom. The number of fused-ring (bicyclic) bond motifs is 2. The summed E-state index contributed by atoms with van der Waals surface area (Å²) in [6.07, 6.45) is 1.47. The molecule has 0 aromatic rings. The van der Waals surface area contributed by atoms with E-state index in [0.717, 1.165) is 17.9 Å². The molecule has 2 bridgehead atoms. The van der Waals surface area contributed by atoms with Gasteiger partial charge in [-0.25, -0.2) is 0 Å². The molecule has 94 valence electrons. The maximum absolute atomic E-state index is 12.4. The van der Waals surface area contributed by atoms with Crippen LogP contribution < -0.4 is 11.2 Å². The number of imide groups is 1. The zero-order valence-corrected chi connectivity index (χ0v) is 11.1. The smallest absolute Gasteiger partial charge is 0.254 e. The number of hydrogen-bond acceptors (Lipinski definition) is 3. The number of nitrogens with zero attached hydrogens (tertiary/aromatic N) is 1. The van der Waals surface area contributed by atoms with Gasteiger partial charge in [0.2, 0.25) is 0 Å². The van der Waals surface area contributed by atoms with Crippen molar-refractivity contribution in [1.82, 2.24) is 10.4 Å². The number of hydrazine groups is 1. The molecule has 17 heavy (non-hydrogen) atoms. The molecule has 1 aliphatic heterocycles. The number of rotatable bonds is 1. The molecule has 2 fully saturated rings. The highest BCUT2D eigenvalue weighted by molar-refractivity contribution is 7.80. The predicted octanol–water partition coefficient (Wildman–Crippen LogP) is 0.546. The number of hydrogen-bond donors (Lipinski definition) is 2. The largest absolute Gasteiger partial charge is 0.375 e. The highest BCUT2D eigenvalue weighted by Crippen LogP contribution is 2.59. The second kappa shape index (κ2) is 3.41. The van der Waals surface area contributed by atoms with Gasteiger partial charge in [-0.05, 0) is 30.5 Å². The third kappa shape index (κ3) is 1.40. The highest BCUT2D eigenvalue weighted by atomic mass is 32.1. The number of thiocarbonyl (C=S) groups is 1. The summed E-state index contributed by atoms with van der Waals surface area (Å²) in [5, 5.41) is 0.944. The van der Waals surface area contributed by atoms with Crippen LogP contribution in [0.15, 0.2) is 0 Å². The topological polar surface area (TPSA) is 75.4 Å². The molecule has 1 saturated heterocycles. The van der Waals surface area contributed by atoms with Gasteiger partial charge >= 0.3 is 0 Å². The van der Waals surface area contributed by atoms with Crippen molar-refractivity contribution in [3.8, 4) is 0 Å². The second-order valence-corrected chi connectivity index (χ2v) is 6.04.